The molecule has 0 spiro atoms. The topological polar surface area (TPSA) is 75.5 Å². The molecule has 2 heterocycles. The normalized spacial score (nSPS) is 14.9. The molecule has 0 amide bonds. The van der Waals surface area contributed by atoms with Crippen molar-refractivity contribution >= 4 is 11.9 Å². The van der Waals surface area contributed by atoms with Crippen LogP contribution in [0.2, 0.25) is 0 Å². The quantitative estimate of drug-likeness (QED) is 0.934. The molecular weight excluding hydrogens is 282 g/mol. The number of aromatic nitrogens is 2. The van der Waals surface area contributed by atoms with Gasteiger partial charge in [0.05, 0.1) is 18.9 Å². The van der Waals surface area contributed by atoms with Crippen molar-refractivity contribution in [1.82, 2.24) is 9.97 Å². The van der Waals surface area contributed by atoms with Gasteiger partial charge in [0.1, 0.15) is 5.56 Å². The fourth-order valence-corrected chi connectivity index (χ4v) is 2.46. The van der Waals surface area contributed by atoms with Gasteiger partial charge in [-0.3, -0.25) is 0 Å². The van der Waals surface area contributed by atoms with Crippen molar-refractivity contribution in [3.8, 4) is 11.3 Å². The summed E-state index contributed by atoms with van der Waals surface area (Å²) >= 11 is 0. The van der Waals surface area contributed by atoms with Gasteiger partial charge in [-0.05, 0) is 13.0 Å². The van der Waals surface area contributed by atoms with Crippen molar-refractivity contribution in [3.05, 3.63) is 41.6 Å². The number of carbonyl (C=O) groups is 1. The van der Waals surface area contributed by atoms with Gasteiger partial charge in [-0.2, -0.15) is 0 Å². The molecular formula is C16H17N3O3. The lowest BCUT2D eigenvalue weighted by molar-refractivity contribution is 0.0697. The van der Waals surface area contributed by atoms with Crippen LogP contribution in [0.3, 0.4) is 0 Å². The van der Waals surface area contributed by atoms with Crippen molar-refractivity contribution < 1.29 is 14.6 Å². The average molecular weight is 299 g/mol. The van der Waals surface area contributed by atoms with Gasteiger partial charge < -0.3 is 14.7 Å². The van der Waals surface area contributed by atoms with Crippen LogP contribution in [-0.4, -0.2) is 47.3 Å². The maximum atomic E-state index is 11.5. The van der Waals surface area contributed by atoms with Crippen molar-refractivity contribution in [2.45, 2.75) is 6.92 Å². The highest BCUT2D eigenvalue weighted by molar-refractivity contribution is 5.94. The molecule has 1 saturated heterocycles. The van der Waals surface area contributed by atoms with E-state index in [9.17, 15) is 9.90 Å². The number of hydrogen-bond donors (Lipinski definition) is 1. The fraction of sp³-hybridized carbons (Fsp3) is 0.312. The molecule has 6 heteroatoms. The molecule has 1 aliphatic heterocycles. The first kappa shape index (κ1) is 14.5. The molecule has 1 aromatic carbocycles. The number of ether oxygens (including phenoxy) is 1. The Bertz CT molecular complexity index is 697. The first-order valence-electron chi connectivity index (χ1n) is 7.15. The smallest absolute Gasteiger partial charge is 0.339 e. The first-order chi connectivity index (χ1) is 10.6. The zero-order valence-corrected chi connectivity index (χ0v) is 12.3. The maximum Gasteiger partial charge on any atom is 0.339 e. The SMILES string of the molecule is Cc1cccc(-c2nc(N3CCOCC3)ncc2C(=O)O)c1. The third-order valence-corrected chi connectivity index (χ3v) is 3.59. The second kappa shape index (κ2) is 6.11. The molecule has 1 aliphatic rings. The minimum Gasteiger partial charge on any atom is -0.478 e. The summed E-state index contributed by atoms with van der Waals surface area (Å²) in [5.74, 6) is -0.477. The van der Waals surface area contributed by atoms with Crippen LogP contribution in [0, 0.1) is 6.92 Å². The summed E-state index contributed by atoms with van der Waals surface area (Å²) in [6, 6.07) is 7.66. The number of morpholine rings is 1. The number of aryl methyl sites for hydroxylation is 1. The molecule has 0 saturated carbocycles. The summed E-state index contributed by atoms with van der Waals surface area (Å²) in [7, 11) is 0. The van der Waals surface area contributed by atoms with Gasteiger partial charge in [0.25, 0.3) is 0 Å². The summed E-state index contributed by atoms with van der Waals surface area (Å²) in [6.45, 7) is 4.64. The van der Waals surface area contributed by atoms with E-state index in [1.54, 1.807) is 0 Å². The summed E-state index contributed by atoms with van der Waals surface area (Å²) in [6.07, 6.45) is 1.39. The van der Waals surface area contributed by atoms with E-state index >= 15 is 0 Å². The average Bonchev–Trinajstić information content (AvgIpc) is 2.55. The van der Waals surface area contributed by atoms with Crippen LogP contribution in [0.25, 0.3) is 11.3 Å². The van der Waals surface area contributed by atoms with Gasteiger partial charge in [-0.25, -0.2) is 14.8 Å². The summed E-state index contributed by atoms with van der Waals surface area (Å²) in [5, 5.41) is 9.38. The van der Waals surface area contributed by atoms with Crippen LogP contribution >= 0.6 is 0 Å². The highest BCUT2D eigenvalue weighted by atomic mass is 16.5. The molecule has 0 bridgehead atoms. The van der Waals surface area contributed by atoms with E-state index in [4.69, 9.17) is 4.74 Å². The predicted molar refractivity (Wildman–Crippen MR) is 82.2 cm³/mol. The van der Waals surface area contributed by atoms with Crippen LogP contribution in [0.15, 0.2) is 30.5 Å². The van der Waals surface area contributed by atoms with Crippen LogP contribution in [0.4, 0.5) is 5.95 Å². The third kappa shape index (κ3) is 2.92. The molecule has 2 aromatic rings. The number of nitrogens with zero attached hydrogens (tertiary/aromatic N) is 3. The summed E-state index contributed by atoms with van der Waals surface area (Å²) in [4.78, 5) is 22.2. The van der Waals surface area contributed by atoms with E-state index in [0.29, 0.717) is 37.9 Å². The second-order valence-corrected chi connectivity index (χ2v) is 5.21. The lowest BCUT2D eigenvalue weighted by Crippen LogP contribution is -2.37. The lowest BCUT2D eigenvalue weighted by Gasteiger charge is -2.27. The largest absolute Gasteiger partial charge is 0.478 e. The Morgan fingerprint density at radius 3 is 2.77 bits per heavy atom. The lowest BCUT2D eigenvalue weighted by atomic mass is 10.1. The molecule has 0 aliphatic carbocycles. The molecule has 6 nitrogen and oxygen atoms in total. The van der Waals surface area contributed by atoms with E-state index < -0.39 is 5.97 Å². The van der Waals surface area contributed by atoms with Crippen molar-refractivity contribution in [2.24, 2.45) is 0 Å². The minimum absolute atomic E-state index is 0.114. The Kier molecular flexibility index (Phi) is 4.02. The van der Waals surface area contributed by atoms with Gasteiger partial charge in [0, 0.05) is 24.8 Å². The highest BCUT2D eigenvalue weighted by Gasteiger charge is 2.19. The molecule has 22 heavy (non-hydrogen) atoms. The van der Waals surface area contributed by atoms with Gasteiger partial charge in [-0.1, -0.05) is 23.8 Å². The predicted octanol–water partition coefficient (Wildman–Crippen LogP) is 1.99. The number of carboxylic acid groups (broad SMARTS) is 1. The van der Waals surface area contributed by atoms with E-state index in [1.165, 1.54) is 6.20 Å². The minimum atomic E-state index is -1.02. The third-order valence-electron chi connectivity index (χ3n) is 3.59. The number of rotatable bonds is 3. The number of carboxylic acids is 1. The molecule has 1 N–H and O–H groups in total. The van der Waals surface area contributed by atoms with Gasteiger partial charge in [0.15, 0.2) is 0 Å². The maximum absolute atomic E-state index is 11.5. The van der Waals surface area contributed by atoms with Gasteiger partial charge >= 0.3 is 5.97 Å². The molecule has 3 rings (SSSR count). The van der Waals surface area contributed by atoms with Gasteiger partial charge in [-0.15, -0.1) is 0 Å². The standard InChI is InChI=1S/C16H17N3O3/c1-11-3-2-4-12(9-11)14-13(15(20)21)10-17-16(18-14)19-5-7-22-8-6-19/h2-4,9-10H,5-8H2,1H3,(H,20,21). The van der Waals surface area contributed by atoms with Crippen LogP contribution in [-0.2, 0) is 4.74 Å². The second-order valence-electron chi connectivity index (χ2n) is 5.21. The Hall–Kier alpha value is -2.47. The zero-order valence-electron chi connectivity index (χ0n) is 12.3. The Morgan fingerprint density at radius 2 is 2.09 bits per heavy atom. The monoisotopic (exact) mass is 299 g/mol. The van der Waals surface area contributed by atoms with E-state index in [2.05, 4.69) is 9.97 Å². The van der Waals surface area contributed by atoms with E-state index in [0.717, 1.165) is 11.1 Å². The molecule has 114 valence electrons. The van der Waals surface area contributed by atoms with E-state index in [1.807, 2.05) is 36.1 Å². The first-order valence-corrected chi connectivity index (χ1v) is 7.15. The fourth-order valence-electron chi connectivity index (χ4n) is 2.46. The summed E-state index contributed by atoms with van der Waals surface area (Å²) in [5.41, 5.74) is 2.41. The Balaban J connectivity index is 2.06. The van der Waals surface area contributed by atoms with Crippen LogP contribution < -0.4 is 4.90 Å². The van der Waals surface area contributed by atoms with Crippen LogP contribution in [0.5, 0.6) is 0 Å². The zero-order chi connectivity index (χ0) is 15.5. The summed E-state index contributed by atoms with van der Waals surface area (Å²) < 4.78 is 5.32. The molecule has 0 unspecified atom stereocenters. The number of hydrogen-bond acceptors (Lipinski definition) is 5. The number of aromatic carboxylic acids is 1. The van der Waals surface area contributed by atoms with Crippen molar-refractivity contribution in [2.75, 3.05) is 31.2 Å². The van der Waals surface area contributed by atoms with Crippen molar-refractivity contribution in [3.63, 3.8) is 0 Å². The Morgan fingerprint density at radius 1 is 1.32 bits per heavy atom. The molecule has 0 atom stereocenters. The van der Waals surface area contributed by atoms with Gasteiger partial charge in [0.2, 0.25) is 5.95 Å². The molecule has 1 aromatic heterocycles. The van der Waals surface area contributed by atoms with E-state index in [-0.39, 0.29) is 5.56 Å². The van der Waals surface area contributed by atoms with Crippen molar-refractivity contribution in [1.29, 1.82) is 0 Å². The van der Waals surface area contributed by atoms with Crippen LogP contribution in [0.1, 0.15) is 15.9 Å². The Labute approximate surface area is 128 Å². The molecule has 0 radical (unpaired) electrons. The molecule has 1 fully saturated rings. The highest BCUT2D eigenvalue weighted by Crippen LogP contribution is 2.24. The number of benzene rings is 1. The number of anilines is 1.